The summed E-state index contributed by atoms with van der Waals surface area (Å²) in [5, 5.41) is 1.89. The van der Waals surface area contributed by atoms with Crippen LogP contribution in [0.5, 0.6) is 5.75 Å². The van der Waals surface area contributed by atoms with Crippen LogP contribution < -0.4 is 4.74 Å². The Kier molecular flexibility index (Phi) is 4.50. The summed E-state index contributed by atoms with van der Waals surface area (Å²) in [6.45, 7) is 5.14. The third-order valence-corrected chi connectivity index (χ3v) is 3.46. The molecule has 0 bridgehead atoms. The van der Waals surface area contributed by atoms with Crippen molar-refractivity contribution in [2.24, 2.45) is 5.41 Å². The topological polar surface area (TPSA) is 52.6 Å². The summed E-state index contributed by atoms with van der Waals surface area (Å²) in [7, 11) is 1.50. The molecule has 0 aliphatic rings. The van der Waals surface area contributed by atoms with E-state index in [1.165, 1.54) is 7.11 Å². The molecular weight excluding hydrogens is 280 g/mol. The summed E-state index contributed by atoms with van der Waals surface area (Å²) < 4.78 is 10.4. The van der Waals surface area contributed by atoms with E-state index < -0.39 is 11.4 Å². The van der Waals surface area contributed by atoms with Crippen molar-refractivity contribution in [2.45, 2.75) is 20.8 Å². The standard InChI is InChI=1S/C18H20O4/c1-18(2,3)16(19)11-22-17(20)14-9-12-7-5-6-8-13(12)10-15(14)21-4/h5-10H,11H2,1-4H3. The van der Waals surface area contributed by atoms with Gasteiger partial charge in [-0.05, 0) is 22.9 Å². The van der Waals surface area contributed by atoms with E-state index >= 15 is 0 Å². The number of ether oxygens (including phenoxy) is 2. The quantitative estimate of drug-likeness (QED) is 0.809. The van der Waals surface area contributed by atoms with Crippen LogP contribution in [0.1, 0.15) is 31.1 Å². The van der Waals surface area contributed by atoms with E-state index in [0.29, 0.717) is 11.3 Å². The number of benzene rings is 2. The van der Waals surface area contributed by atoms with Crippen LogP contribution in [0.2, 0.25) is 0 Å². The van der Waals surface area contributed by atoms with Gasteiger partial charge in [-0.15, -0.1) is 0 Å². The van der Waals surface area contributed by atoms with Crippen molar-refractivity contribution >= 4 is 22.5 Å². The molecular formula is C18H20O4. The first-order chi connectivity index (χ1) is 10.3. The van der Waals surface area contributed by atoms with Crippen LogP contribution in [-0.2, 0) is 9.53 Å². The summed E-state index contributed by atoms with van der Waals surface area (Å²) in [6.07, 6.45) is 0. The van der Waals surface area contributed by atoms with E-state index in [1.807, 2.05) is 24.3 Å². The fourth-order valence-corrected chi connectivity index (χ4v) is 1.97. The molecule has 2 aromatic carbocycles. The lowest BCUT2D eigenvalue weighted by Crippen LogP contribution is -2.26. The highest BCUT2D eigenvalue weighted by molar-refractivity contribution is 5.99. The van der Waals surface area contributed by atoms with E-state index in [2.05, 4.69) is 0 Å². The molecule has 0 aliphatic carbocycles. The van der Waals surface area contributed by atoms with Crippen molar-refractivity contribution in [3.63, 3.8) is 0 Å². The van der Waals surface area contributed by atoms with Crippen molar-refractivity contribution in [2.75, 3.05) is 13.7 Å². The lowest BCUT2D eigenvalue weighted by molar-refractivity contribution is -0.129. The summed E-state index contributed by atoms with van der Waals surface area (Å²) in [5.74, 6) is -0.243. The molecule has 2 rings (SSSR count). The van der Waals surface area contributed by atoms with Crippen LogP contribution in [0.3, 0.4) is 0 Å². The fourth-order valence-electron chi connectivity index (χ4n) is 1.97. The maximum Gasteiger partial charge on any atom is 0.342 e. The second-order valence-electron chi connectivity index (χ2n) is 6.15. The maximum atomic E-state index is 12.2. The average molecular weight is 300 g/mol. The van der Waals surface area contributed by atoms with Crippen LogP contribution in [-0.4, -0.2) is 25.5 Å². The van der Waals surface area contributed by atoms with Crippen molar-refractivity contribution in [3.8, 4) is 5.75 Å². The van der Waals surface area contributed by atoms with Crippen molar-refractivity contribution in [3.05, 3.63) is 42.0 Å². The third-order valence-electron chi connectivity index (χ3n) is 3.46. The predicted molar refractivity (Wildman–Crippen MR) is 85.2 cm³/mol. The maximum absolute atomic E-state index is 12.2. The Morgan fingerprint density at radius 2 is 1.64 bits per heavy atom. The molecule has 0 aromatic heterocycles. The SMILES string of the molecule is COc1cc2ccccc2cc1C(=O)OCC(=O)C(C)(C)C. The van der Waals surface area contributed by atoms with E-state index in [0.717, 1.165) is 10.8 Å². The number of carbonyl (C=O) groups is 2. The van der Waals surface area contributed by atoms with Gasteiger partial charge in [0.15, 0.2) is 12.4 Å². The zero-order valence-corrected chi connectivity index (χ0v) is 13.3. The van der Waals surface area contributed by atoms with Crippen molar-refractivity contribution in [1.29, 1.82) is 0 Å². The van der Waals surface area contributed by atoms with Crippen LogP contribution in [0.4, 0.5) is 0 Å². The first-order valence-electron chi connectivity index (χ1n) is 7.10. The van der Waals surface area contributed by atoms with Gasteiger partial charge in [0.2, 0.25) is 0 Å². The number of rotatable bonds is 4. The average Bonchev–Trinajstić information content (AvgIpc) is 2.49. The molecule has 0 unspecified atom stereocenters. The number of esters is 1. The van der Waals surface area contributed by atoms with Gasteiger partial charge in [0.05, 0.1) is 7.11 Å². The number of ketones is 1. The Morgan fingerprint density at radius 1 is 1.05 bits per heavy atom. The van der Waals surface area contributed by atoms with Gasteiger partial charge in [-0.2, -0.15) is 0 Å². The summed E-state index contributed by atoms with van der Waals surface area (Å²) >= 11 is 0. The Morgan fingerprint density at radius 3 is 2.18 bits per heavy atom. The minimum Gasteiger partial charge on any atom is -0.496 e. The van der Waals surface area contributed by atoms with Crippen LogP contribution >= 0.6 is 0 Å². The minimum absolute atomic E-state index is 0.124. The van der Waals surface area contributed by atoms with Gasteiger partial charge in [-0.1, -0.05) is 45.0 Å². The van der Waals surface area contributed by atoms with E-state index in [4.69, 9.17) is 9.47 Å². The molecule has 0 atom stereocenters. The van der Waals surface area contributed by atoms with Gasteiger partial charge in [0.25, 0.3) is 0 Å². The molecule has 0 spiro atoms. The second-order valence-corrected chi connectivity index (χ2v) is 6.15. The Bertz CT molecular complexity index is 711. The predicted octanol–water partition coefficient (Wildman–Crippen LogP) is 3.62. The second kappa shape index (κ2) is 6.18. The van der Waals surface area contributed by atoms with Crippen LogP contribution in [0, 0.1) is 5.41 Å². The normalized spacial score (nSPS) is 11.3. The molecule has 4 nitrogen and oxygen atoms in total. The summed E-state index contributed by atoms with van der Waals surface area (Å²) in [4.78, 5) is 24.1. The zero-order valence-electron chi connectivity index (χ0n) is 13.3. The first-order valence-corrected chi connectivity index (χ1v) is 7.10. The highest BCUT2D eigenvalue weighted by Gasteiger charge is 2.23. The lowest BCUT2D eigenvalue weighted by Gasteiger charge is -2.16. The molecule has 0 aliphatic heterocycles. The molecule has 116 valence electrons. The van der Waals surface area contributed by atoms with E-state index in [-0.39, 0.29) is 12.4 Å². The van der Waals surface area contributed by atoms with Crippen LogP contribution in [0.15, 0.2) is 36.4 Å². The Balaban J connectivity index is 2.25. The third kappa shape index (κ3) is 3.45. The molecule has 0 heterocycles. The fraction of sp³-hybridized carbons (Fsp3) is 0.333. The monoisotopic (exact) mass is 300 g/mol. The Labute approximate surface area is 130 Å². The number of fused-ring (bicyclic) bond motifs is 1. The van der Waals surface area contributed by atoms with E-state index in [9.17, 15) is 9.59 Å². The van der Waals surface area contributed by atoms with Crippen molar-refractivity contribution in [1.82, 2.24) is 0 Å². The molecule has 0 amide bonds. The molecule has 0 saturated carbocycles. The van der Waals surface area contributed by atoms with Crippen molar-refractivity contribution < 1.29 is 19.1 Å². The smallest absolute Gasteiger partial charge is 0.342 e. The van der Waals surface area contributed by atoms with Gasteiger partial charge in [-0.25, -0.2) is 4.79 Å². The summed E-state index contributed by atoms with van der Waals surface area (Å²) in [5.41, 5.74) is -0.212. The number of hydrogen-bond acceptors (Lipinski definition) is 4. The molecule has 0 fully saturated rings. The molecule has 0 N–H and O–H groups in total. The highest BCUT2D eigenvalue weighted by Crippen LogP contribution is 2.26. The zero-order chi connectivity index (χ0) is 16.3. The van der Waals surface area contributed by atoms with Gasteiger partial charge < -0.3 is 9.47 Å². The highest BCUT2D eigenvalue weighted by atomic mass is 16.5. The number of carbonyl (C=O) groups excluding carboxylic acids is 2. The summed E-state index contributed by atoms with van der Waals surface area (Å²) in [6, 6.07) is 11.2. The van der Waals surface area contributed by atoms with Gasteiger partial charge >= 0.3 is 5.97 Å². The largest absolute Gasteiger partial charge is 0.496 e. The molecule has 4 heteroatoms. The van der Waals surface area contributed by atoms with Crippen LogP contribution in [0.25, 0.3) is 10.8 Å². The van der Waals surface area contributed by atoms with Gasteiger partial charge in [0, 0.05) is 5.41 Å². The van der Waals surface area contributed by atoms with Gasteiger partial charge in [0.1, 0.15) is 11.3 Å². The molecule has 0 radical (unpaired) electrons. The molecule has 0 saturated heterocycles. The Hall–Kier alpha value is -2.36. The number of hydrogen-bond donors (Lipinski definition) is 0. The lowest BCUT2D eigenvalue weighted by atomic mass is 9.91. The first kappa shape index (κ1) is 16.0. The molecule has 2 aromatic rings. The number of Topliss-reactive ketones (excluding diaryl/α,β-unsaturated/α-hetero) is 1. The number of methoxy groups -OCH3 is 1. The van der Waals surface area contributed by atoms with Gasteiger partial charge in [-0.3, -0.25) is 4.79 Å². The molecule has 22 heavy (non-hydrogen) atoms. The minimum atomic E-state index is -0.555. The van der Waals surface area contributed by atoms with E-state index in [1.54, 1.807) is 32.9 Å².